The van der Waals surface area contributed by atoms with Gasteiger partial charge < -0.3 is 15.2 Å². The van der Waals surface area contributed by atoms with Crippen molar-refractivity contribution in [2.24, 2.45) is 0 Å². The summed E-state index contributed by atoms with van der Waals surface area (Å²) in [7, 11) is 0. The van der Waals surface area contributed by atoms with Crippen molar-refractivity contribution in [2.45, 2.75) is 19.5 Å². The fourth-order valence-corrected chi connectivity index (χ4v) is 1.34. The molecule has 0 aliphatic heterocycles. The van der Waals surface area contributed by atoms with Crippen molar-refractivity contribution < 1.29 is 23.4 Å². The highest BCUT2D eigenvalue weighted by Crippen LogP contribution is 2.15. The van der Waals surface area contributed by atoms with Gasteiger partial charge in [-0.25, -0.2) is 0 Å². The monoisotopic (exact) mass is 259 g/mol. The normalized spacial score (nSPS) is 10.4. The van der Waals surface area contributed by atoms with Gasteiger partial charge in [0.05, 0.1) is 6.42 Å². The molecule has 0 spiro atoms. The molecule has 0 bridgehead atoms. The molecule has 0 fully saturated rings. The van der Waals surface area contributed by atoms with Crippen LogP contribution >= 0.6 is 0 Å². The summed E-state index contributed by atoms with van der Waals surface area (Å²) in [6, 6.07) is 5.90. The minimum Gasteiger partial charge on any atom is -0.435 e. The van der Waals surface area contributed by atoms with Gasteiger partial charge in [-0.2, -0.15) is 8.78 Å². The zero-order valence-electron chi connectivity index (χ0n) is 9.73. The molecule has 100 valence electrons. The topological polar surface area (TPSA) is 58.6 Å². The number of nitrogens with one attached hydrogen (secondary N) is 1. The Morgan fingerprint density at radius 1 is 1.33 bits per heavy atom. The van der Waals surface area contributed by atoms with Crippen molar-refractivity contribution in [3.8, 4) is 5.75 Å². The molecule has 2 N–H and O–H groups in total. The zero-order chi connectivity index (χ0) is 13.4. The predicted octanol–water partition coefficient (Wildman–Crippen LogP) is 1.33. The maximum absolute atomic E-state index is 11.9. The molecule has 0 atom stereocenters. The number of halogens is 2. The lowest BCUT2D eigenvalue weighted by molar-refractivity contribution is -0.120. The molecule has 0 unspecified atom stereocenters. The van der Waals surface area contributed by atoms with Crippen LogP contribution < -0.4 is 10.1 Å². The molecule has 0 saturated carbocycles. The van der Waals surface area contributed by atoms with Crippen LogP contribution in [0.2, 0.25) is 0 Å². The molecular weight excluding hydrogens is 244 g/mol. The van der Waals surface area contributed by atoms with E-state index < -0.39 is 6.61 Å². The summed E-state index contributed by atoms with van der Waals surface area (Å²) < 4.78 is 28.0. The van der Waals surface area contributed by atoms with E-state index in [9.17, 15) is 13.6 Å². The minimum atomic E-state index is -2.85. The zero-order valence-corrected chi connectivity index (χ0v) is 9.73. The lowest BCUT2D eigenvalue weighted by Gasteiger charge is -2.06. The van der Waals surface area contributed by atoms with E-state index in [1.165, 1.54) is 12.1 Å². The highest BCUT2D eigenvalue weighted by Gasteiger charge is 2.05. The van der Waals surface area contributed by atoms with Crippen LogP contribution in [0, 0.1) is 0 Å². The Morgan fingerprint density at radius 3 is 2.56 bits per heavy atom. The Balaban J connectivity index is 2.40. The summed E-state index contributed by atoms with van der Waals surface area (Å²) in [5.41, 5.74) is 0.707. The molecule has 1 aromatic rings. The maximum atomic E-state index is 11.9. The molecule has 0 aliphatic carbocycles. The quantitative estimate of drug-likeness (QED) is 0.726. The molecule has 1 aromatic carbocycles. The summed E-state index contributed by atoms with van der Waals surface area (Å²) in [5, 5.41) is 11.2. The number of hydrogen-bond acceptors (Lipinski definition) is 3. The Labute approximate surface area is 104 Å². The molecular formula is C12H15F2NO3. The first-order chi connectivity index (χ1) is 8.61. The largest absolute Gasteiger partial charge is 0.435 e. The number of ether oxygens (including phenoxy) is 1. The Kier molecular flexibility index (Phi) is 6.07. The molecule has 4 nitrogen and oxygen atoms in total. The Hall–Kier alpha value is -1.69. The van der Waals surface area contributed by atoms with Crippen LogP contribution in [-0.4, -0.2) is 30.8 Å². The van der Waals surface area contributed by atoms with E-state index in [1.54, 1.807) is 12.1 Å². The molecule has 0 aromatic heterocycles. The van der Waals surface area contributed by atoms with Crippen LogP contribution in [0.5, 0.6) is 5.75 Å². The molecule has 0 saturated heterocycles. The number of aliphatic hydroxyl groups excluding tert-OH is 1. The first kappa shape index (κ1) is 14.4. The van der Waals surface area contributed by atoms with Crippen molar-refractivity contribution >= 4 is 5.91 Å². The fraction of sp³-hybridized carbons (Fsp3) is 0.417. The smallest absolute Gasteiger partial charge is 0.387 e. The molecule has 0 radical (unpaired) electrons. The van der Waals surface area contributed by atoms with Gasteiger partial charge in [0, 0.05) is 13.2 Å². The molecule has 1 rings (SSSR count). The molecule has 6 heteroatoms. The number of carbonyl (C=O) groups is 1. The third-order valence-corrected chi connectivity index (χ3v) is 2.17. The fourth-order valence-electron chi connectivity index (χ4n) is 1.34. The van der Waals surface area contributed by atoms with Crippen LogP contribution in [0.15, 0.2) is 24.3 Å². The number of alkyl halides is 2. The number of rotatable bonds is 7. The average Bonchev–Trinajstić information content (AvgIpc) is 2.31. The molecule has 18 heavy (non-hydrogen) atoms. The number of hydrogen-bond donors (Lipinski definition) is 2. The summed E-state index contributed by atoms with van der Waals surface area (Å²) in [5.74, 6) is -0.111. The third-order valence-electron chi connectivity index (χ3n) is 2.17. The second-order valence-corrected chi connectivity index (χ2v) is 3.63. The van der Waals surface area contributed by atoms with Crippen LogP contribution in [0.4, 0.5) is 8.78 Å². The summed E-state index contributed by atoms with van der Waals surface area (Å²) in [6.07, 6.45) is 0.674. The number of aliphatic hydroxyl groups is 1. The van der Waals surface area contributed by atoms with Gasteiger partial charge in [0.2, 0.25) is 5.91 Å². The highest BCUT2D eigenvalue weighted by atomic mass is 19.3. The van der Waals surface area contributed by atoms with Gasteiger partial charge in [0.15, 0.2) is 0 Å². The van der Waals surface area contributed by atoms with Crippen LogP contribution in [0.1, 0.15) is 12.0 Å². The third kappa shape index (κ3) is 5.58. The molecule has 1 amide bonds. The van der Waals surface area contributed by atoms with Crippen molar-refractivity contribution in [3.63, 3.8) is 0 Å². The Bertz CT molecular complexity index is 368. The van der Waals surface area contributed by atoms with Gasteiger partial charge in [-0.15, -0.1) is 0 Å². The SMILES string of the molecule is O=C(Cc1ccc(OC(F)F)cc1)NCCCO. The van der Waals surface area contributed by atoms with Crippen molar-refractivity contribution in [1.82, 2.24) is 5.32 Å². The number of carbonyl (C=O) groups excluding carboxylic acids is 1. The highest BCUT2D eigenvalue weighted by molar-refractivity contribution is 5.78. The van der Waals surface area contributed by atoms with Gasteiger partial charge in [-0.3, -0.25) is 4.79 Å². The predicted molar refractivity (Wildman–Crippen MR) is 61.5 cm³/mol. The summed E-state index contributed by atoms with van der Waals surface area (Å²) in [4.78, 5) is 11.4. The lowest BCUT2D eigenvalue weighted by atomic mass is 10.1. The van der Waals surface area contributed by atoms with E-state index in [4.69, 9.17) is 5.11 Å². The van der Waals surface area contributed by atoms with Crippen molar-refractivity contribution in [3.05, 3.63) is 29.8 Å². The first-order valence-corrected chi connectivity index (χ1v) is 5.53. The van der Waals surface area contributed by atoms with Gasteiger partial charge in [0.25, 0.3) is 0 Å². The van der Waals surface area contributed by atoms with E-state index in [-0.39, 0.29) is 24.7 Å². The van der Waals surface area contributed by atoms with E-state index in [0.29, 0.717) is 18.5 Å². The van der Waals surface area contributed by atoms with Crippen LogP contribution in [-0.2, 0) is 11.2 Å². The standard InChI is InChI=1S/C12H15F2NO3/c13-12(14)18-10-4-2-9(3-5-10)8-11(17)15-6-1-7-16/h2-5,12,16H,1,6-8H2,(H,15,17). The first-order valence-electron chi connectivity index (χ1n) is 5.53. The maximum Gasteiger partial charge on any atom is 0.387 e. The van der Waals surface area contributed by atoms with Gasteiger partial charge >= 0.3 is 6.61 Å². The van der Waals surface area contributed by atoms with E-state index >= 15 is 0 Å². The number of amides is 1. The van der Waals surface area contributed by atoms with E-state index in [2.05, 4.69) is 10.1 Å². The van der Waals surface area contributed by atoms with Gasteiger partial charge in [-0.05, 0) is 24.1 Å². The Morgan fingerprint density at radius 2 is 2.00 bits per heavy atom. The molecule has 0 heterocycles. The van der Waals surface area contributed by atoms with E-state index in [1.807, 2.05) is 0 Å². The summed E-state index contributed by atoms with van der Waals surface area (Å²) in [6.45, 7) is -2.40. The van der Waals surface area contributed by atoms with Gasteiger partial charge in [0.1, 0.15) is 5.75 Å². The van der Waals surface area contributed by atoms with Gasteiger partial charge in [-0.1, -0.05) is 12.1 Å². The second-order valence-electron chi connectivity index (χ2n) is 3.63. The summed E-state index contributed by atoms with van der Waals surface area (Å²) >= 11 is 0. The minimum absolute atomic E-state index is 0.0277. The average molecular weight is 259 g/mol. The number of benzene rings is 1. The van der Waals surface area contributed by atoms with Crippen LogP contribution in [0.25, 0.3) is 0 Å². The second kappa shape index (κ2) is 7.60. The lowest BCUT2D eigenvalue weighted by Crippen LogP contribution is -2.26. The van der Waals surface area contributed by atoms with Crippen molar-refractivity contribution in [2.75, 3.05) is 13.2 Å². The molecule has 0 aliphatic rings. The van der Waals surface area contributed by atoms with E-state index in [0.717, 1.165) is 0 Å². The van der Waals surface area contributed by atoms with Crippen molar-refractivity contribution in [1.29, 1.82) is 0 Å². The van der Waals surface area contributed by atoms with Crippen LogP contribution in [0.3, 0.4) is 0 Å².